The first-order valence-corrected chi connectivity index (χ1v) is 7.59. The highest BCUT2D eigenvalue weighted by molar-refractivity contribution is 7.91. The van der Waals surface area contributed by atoms with Gasteiger partial charge in [-0.3, -0.25) is 0 Å². The van der Waals surface area contributed by atoms with Gasteiger partial charge in [0, 0.05) is 11.6 Å². The Balaban J connectivity index is 2.07. The fourth-order valence-electron chi connectivity index (χ4n) is 1.97. The van der Waals surface area contributed by atoms with Gasteiger partial charge in [-0.15, -0.1) is 0 Å². The van der Waals surface area contributed by atoms with Gasteiger partial charge in [0.15, 0.2) is 0 Å². The van der Waals surface area contributed by atoms with Gasteiger partial charge < -0.3 is 10.7 Å². The van der Waals surface area contributed by atoms with Crippen LogP contribution in [0.4, 0.5) is 11.6 Å². The minimum atomic E-state index is -2.84. The van der Waals surface area contributed by atoms with E-state index >= 15 is 0 Å². The van der Waals surface area contributed by atoms with E-state index in [1.807, 2.05) is 6.92 Å². The molecular formula is C10H17N5O2S. The van der Waals surface area contributed by atoms with E-state index < -0.39 is 9.84 Å². The number of nitrogens with two attached hydrogens (primary N) is 1. The second-order valence-corrected chi connectivity index (χ2v) is 6.71. The predicted octanol–water partition coefficient (Wildman–Crippen LogP) is 0.0597. The molecule has 0 unspecified atom stereocenters. The lowest BCUT2D eigenvalue weighted by molar-refractivity contribution is 0.559. The van der Waals surface area contributed by atoms with Crippen molar-refractivity contribution in [2.45, 2.75) is 25.8 Å². The summed E-state index contributed by atoms with van der Waals surface area (Å²) in [4.78, 5) is 8.14. The third-order valence-corrected chi connectivity index (χ3v) is 4.83. The number of hydrazine groups is 1. The highest BCUT2D eigenvalue weighted by Crippen LogP contribution is 2.21. The van der Waals surface area contributed by atoms with Crippen molar-refractivity contribution in [1.29, 1.82) is 0 Å². The van der Waals surface area contributed by atoms with Crippen LogP contribution >= 0.6 is 0 Å². The predicted molar refractivity (Wildman–Crippen MR) is 69.9 cm³/mol. The molecule has 1 aromatic rings. The molecule has 1 aromatic heterocycles. The summed E-state index contributed by atoms with van der Waals surface area (Å²) in [6, 6.07) is 0.132. The van der Waals surface area contributed by atoms with Gasteiger partial charge in [-0.1, -0.05) is 0 Å². The molecule has 0 amide bonds. The van der Waals surface area contributed by atoms with Crippen LogP contribution in [0, 0.1) is 6.92 Å². The summed E-state index contributed by atoms with van der Waals surface area (Å²) >= 11 is 0. The molecule has 1 fully saturated rings. The second kappa shape index (κ2) is 5.07. The largest absolute Gasteiger partial charge is 0.367 e. The Kier molecular flexibility index (Phi) is 3.67. The van der Waals surface area contributed by atoms with E-state index in [4.69, 9.17) is 5.84 Å². The first-order chi connectivity index (χ1) is 8.52. The summed E-state index contributed by atoms with van der Waals surface area (Å²) in [5, 5.41) is 3.25. The molecule has 0 spiro atoms. The van der Waals surface area contributed by atoms with E-state index in [0.717, 1.165) is 5.56 Å². The fourth-order valence-corrected chi connectivity index (χ4v) is 3.46. The number of nitrogens with one attached hydrogen (secondary N) is 2. The van der Waals surface area contributed by atoms with Crippen LogP contribution in [-0.4, -0.2) is 35.9 Å². The second-order valence-electron chi connectivity index (χ2n) is 4.41. The third kappa shape index (κ3) is 2.88. The lowest BCUT2D eigenvalue weighted by Gasteiger charge is -2.24. The summed E-state index contributed by atoms with van der Waals surface area (Å²) in [7, 11) is -2.84. The van der Waals surface area contributed by atoms with E-state index in [1.54, 1.807) is 0 Å². The van der Waals surface area contributed by atoms with Crippen LogP contribution in [-0.2, 0) is 9.84 Å². The molecule has 0 saturated carbocycles. The number of sulfone groups is 1. The molecule has 0 radical (unpaired) electrons. The molecule has 1 aliphatic rings. The molecule has 0 atom stereocenters. The van der Waals surface area contributed by atoms with E-state index in [-0.39, 0.29) is 17.5 Å². The van der Waals surface area contributed by atoms with Crippen molar-refractivity contribution in [3.63, 3.8) is 0 Å². The van der Waals surface area contributed by atoms with Crippen molar-refractivity contribution < 1.29 is 8.42 Å². The monoisotopic (exact) mass is 271 g/mol. The molecule has 1 aliphatic heterocycles. The van der Waals surface area contributed by atoms with E-state index in [1.165, 1.54) is 6.33 Å². The minimum absolute atomic E-state index is 0.132. The molecule has 0 aromatic carbocycles. The van der Waals surface area contributed by atoms with E-state index in [0.29, 0.717) is 24.5 Å². The van der Waals surface area contributed by atoms with Gasteiger partial charge in [0.05, 0.1) is 11.5 Å². The number of nitrogens with zero attached hydrogens (tertiary/aromatic N) is 2. The molecule has 1 saturated heterocycles. The highest BCUT2D eigenvalue weighted by Gasteiger charge is 2.24. The third-order valence-electron chi connectivity index (χ3n) is 3.12. The van der Waals surface area contributed by atoms with Crippen LogP contribution in [0.3, 0.4) is 0 Å². The average molecular weight is 271 g/mol. The number of nitrogen functional groups attached to an aromatic ring is 1. The van der Waals surface area contributed by atoms with Crippen LogP contribution in [0.15, 0.2) is 6.33 Å². The van der Waals surface area contributed by atoms with Crippen molar-refractivity contribution >= 4 is 21.5 Å². The first kappa shape index (κ1) is 13.0. The lowest BCUT2D eigenvalue weighted by atomic mass is 10.1. The summed E-state index contributed by atoms with van der Waals surface area (Å²) in [6.45, 7) is 1.86. The van der Waals surface area contributed by atoms with Crippen LogP contribution in [0.25, 0.3) is 0 Å². The van der Waals surface area contributed by atoms with Crippen LogP contribution in [0.1, 0.15) is 18.4 Å². The van der Waals surface area contributed by atoms with Crippen molar-refractivity contribution in [3.8, 4) is 0 Å². The van der Waals surface area contributed by atoms with Gasteiger partial charge in [-0.2, -0.15) is 0 Å². The van der Waals surface area contributed by atoms with Gasteiger partial charge in [0.2, 0.25) is 0 Å². The maximum Gasteiger partial charge on any atom is 0.150 e. The summed E-state index contributed by atoms with van der Waals surface area (Å²) in [5.41, 5.74) is 3.33. The number of aromatic nitrogens is 2. The molecule has 7 nitrogen and oxygen atoms in total. The van der Waals surface area contributed by atoms with Crippen LogP contribution in [0.2, 0.25) is 0 Å². The Hall–Kier alpha value is -1.41. The quantitative estimate of drug-likeness (QED) is 0.526. The molecule has 0 bridgehead atoms. The lowest BCUT2D eigenvalue weighted by Crippen LogP contribution is -2.32. The van der Waals surface area contributed by atoms with Crippen molar-refractivity contribution in [1.82, 2.24) is 9.97 Å². The first-order valence-electron chi connectivity index (χ1n) is 5.77. The van der Waals surface area contributed by atoms with Gasteiger partial charge in [-0.05, 0) is 19.8 Å². The van der Waals surface area contributed by atoms with Gasteiger partial charge in [0.1, 0.15) is 27.8 Å². The molecule has 4 N–H and O–H groups in total. The number of hydrogen-bond acceptors (Lipinski definition) is 7. The fraction of sp³-hybridized carbons (Fsp3) is 0.600. The average Bonchev–Trinajstić information content (AvgIpc) is 2.34. The summed E-state index contributed by atoms with van der Waals surface area (Å²) < 4.78 is 22.7. The Labute approximate surface area is 106 Å². The Morgan fingerprint density at radius 2 is 1.89 bits per heavy atom. The van der Waals surface area contributed by atoms with Gasteiger partial charge >= 0.3 is 0 Å². The summed E-state index contributed by atoms with van der Waals surface area (Å²) in [6.07, 6.45) is 2.64. The zero-order chi connectivity index (χ0) is 13.2. The minimum Gasteiger partial charge on any atom is -0.367 e. The van der Waals surface area contributed by atoms with E-state index in [9.17, 15) is 8.42 Å². The Morgan fingerprint density at radius 3 is 2.50 bits per heavy atom. The van der Waals surface area contributed by atoms with Crippen molar-refractivity contribution in [3.05, 3.63) is 11.9 Å². The topological polar surface area (TPSA) is 110 Å². The maximum atomic E-state index is 11.3. The highest BCUT2D eigenvalue weighted by atomic mass is 32.2. The molecule has 100 valence electrons. The number of rotatable bonds is 3. The Morgan fingerprint density at radius 1 is 1.28 bits per heavy atom. The number of hydrogen-bond donors (Lipinski definition) is 3. The normalized spacial score (nSPS) is 19.4. The number of anilines is 2. The SMILES string of the molecule is Cc1c(NN)ncnc1NC1CCS(=O)(=O)CC1. The molecule has 2 rings (SSSR count). The van der Waals surface area contributed by atoms with Crippen molar-refractivity contribution in [2.24, 2.45) is 5.84 Å². The Bertz CT molecular complexity index is 517. The molecule has 2 heterocycles. The van der Waals surface area contributed by atoms with Crippen LogP contribution < -0.4 is 16.6 Å². The molecule has 8 heteroatoms. The molecule has 0 aliphatic carbocycles. The zero-order valence-electron chi connectivity index (χ0n) is 10.2. The maximum absolute atomic E-state index is 11.3. The van der Waals surface area contributed by atoms with Gasteiger partial charge in [-0.25, -0.2) is 24.2 Å². The molecule has 18 heavy (non-hydrogen) atoms. The van der Waals surface area contributed by atoms with Gasteiger partial charge in [0.25, 0.3) is 0 Å². The summed E-state index contributed by atoms with van der Waals surface area (Å²) in [5.74, 6) is 7.07. The van der Waals surface area contributed by atoms with E-state index in [2.05, 4.69) is 20.7 Å². The van der Waals surface area contributed by atoms with Crippen molar-refractivity contribution in [2.75, 3.05) is 22.2 Å². The van der Waals surface area contributed by atoms with Crippen LogP contribution in [0.5, 0.6) is 0 Å². The smallest absolute Gasteiger partial charge is 0.150 e. The standard InChI is InChI=1S/C10H17N5O2S/c1-7-9(12-6-13-10(7)15-11)14-8-2-4-18(16,17)5-3-8/h6,8H,2-5,11H2,1H3,(H2,12,13,14,15). The zero-order valence-corrected chi connectivity index (χ0v) is 11.0. The molecular weight excluding hydrogens is 254 g/mol.